The Morgan fingerprint density at radius 1 is 1.21 bits per heavy atom. The Labute approximate surface area is 204 Å². The summed E-state index contributed by atoms with van der Waals surface area (Å²) in [7, 11) is 0. The van der Waals surface area contributed by atoms with Gasteiger partial charge in [-0.1, -0.05) is 48.0 Å². The van der Waals surface area contributed by atoms with Crippen molar-refractivity contribution >= 4 is 33.7 Å². The van der Waals surface area contributed by atoms with Gasteiger partial charge in [0, 0.05) is 24.0 Å². The lowest BCUT2D eigenvalue weighted by Gasteiger charge is -2.35. The van der Waals surface area contributed by atoms with E-state index in [-0.39, 0.29) is 35.9 Å². The molecule has 1 unspecified atom stereocenters. The van der Waals surface area contributed by atoms with E-state index >= 15 is 0 Å². The average Bonchev–Trinajstić information content (AvgIpc) is 3.38. The third-order valence-electron chi connectivity index (χ3n) is 7.85. The number of aliphatic hydroxyl groups is 1. The summed E-state index contributed by atoms with van der Waals surface area (Å²) >= 11 is 3.66. The third kappa shape index (κ3) is 4.57. The fraction of sp³-hybridized carbons (Fsp3) is 0.875. The number of halogens is 1. The van der Waals surface area contributed by atoms with Gasteiger partial charge in [0.2, 0.25) is 11.8 Å². The summed E-state index contributed by atoms with van der Waals surface area (Å²) in [5.41, 5.74) is -1.00. The van der Waals surface area contributed by atoms with Crippen LogP contribution in [0.4, 0.5) is 0 Å². The van der Waals surface area contributed by atoms with Gasteiger partial charge >= 0.3 is 5.97 Å². The van der Waals surface area contributed by atoms with Gasteiger partial charge in [0.15, 0.2) is 0 Å². The molecule has 0 aromatic rings. The molecule has 0 aromatic heterocycles. The number of nitrogens with zero attached hydrogens (tertiary/aromatic N) is 1. The van der Waals surface area contributed by atoms with Gasteiger partial charge in [0.25, 0.3) is 0 Å². The number of aliphatic hydroxyl groups excluding tert-OH is 1. The molecule has 2 amide bonds. The van der Waals surface area contributed by atoms with E-state index in [1.807, 2.05) is 0 Å². The summed E-state index contributed by atoms with van der Waals surface area (Å²) in [6.07, 6.45) is 8.58. The maximum absolute atomic E-state index is 13.7. The summed E-state index contributed by atoms with van der Waals surface area (Å²) in [5.74, 6) is -2.11. The molecule has 2 bridgehead atoms. The molecular weight excluding hydrogens is 492 g/mol. The number of esters is 1. The Balaban J connectivity index is 1.59. The zero-order valence-corrected chi connectivity index (χ0v) is 21.1. The molecule has 8 nitrogen and oxygen atoms in total. The lowest BCUT2D eigenvalue weighted by Crippen LogP contribution is -2.57. The molecule has 4 rings (SSSR count). The molecule has 0 radical (unpaired) electrons. The molecule has 0 aromatic carbocycles. The first-order valence-electron chi connectivity index (χ1n) is 12.6. The molecular formula is C24H37BrN2O6. The lowest BCUT2D eigenvalue weighted by molar-refractivity contribution is -0.154. The van der Waals surface area contributed by atoms with Crippen molar-refractivity contribution in [2.45, 2.75) is 99.7 Å². The number of likely N-dealkylation sites (tertiary alicyclic amines) is 1. The minimum Gasteiger partial charge on any atom is -0.466 e. The number of amides is 2. The molecule has 1 aliphatic carbocycles. The molecule has 6 atom stereocenters. The smallest absolute Gasteiger partial charge is 0.312 e. The van der Waals surface area contributed by atoms with E-state index in [4.69, 9.17) is 14.6 Å². The molecule has 4 fully saturated rings. The first kappa shape index (κ1) is 24.9. The summed E-state index contributed by atoms with van der Waals surface area (Å²) in [6.45, 7) is 2.59. The average molecular weight is 529 g/mol. The van der Waals surface area contributed by atoms with Crippen molar-refractivity contribution in [2.75, 3.05) is 19.8 Å². The zero-order chi connectivity index (χ0) is 23.6. The van der Waals surface area contributed by atoms with Gasteiger partial charge in [-0.3, -0.25) is 14.4 Å². The van der Waals surface area contributed by atoms with Crippen LogP contribution in [-0.4, -0.2) is 76.2 Å². The quantitative estimate of drug-likeness (QED) is 0.256. The first-order chi connectivity index (χ1) is 15.9. The van der Waals surface area contributed by atoms with Gasteiger partial charge < -0.3 is 24.8 Å². The second-order valence-corrected chi connectivity index (χ2v) is 11.1. The first-order valence-corrected chi connectivity index (χ1v) is 13.6. The van der Waals surface area contributed by atoms with E-state index in [1.54, 1.807) is 11.8 Å². The second kappa shape index (κ2) is 10.6. The van der Waals surface area contributed by atoms with E-state index in [0.717, 1.165) is 51.4 Å². The highest BCUT2D eigenvalue weighted by molar-refractivity contribution is 9.09. The van der Waals surface area contributed by atoms with Gasteiger partial charge in [0.1, 0.15) is 11.6 Å². The van der Waals surface area contributed by atoms with Gasteiger partial charge in [-0.25, -0.2) is 0 Å². The summed E-state index contributed by atoms with van der Waals surface area (Å²) < 4.78 is 11.8. The number of rotatable bonds is 10. The van der Waals surface area contributed by atoms with Crippen molar-refractivity contribution in [3.05, 3.63) is 0 Å². The Kier molecular flexibility index (Phi) is 8.01. The van der Waals surface area contributed by atoms with Crippen LogP contribution in [0.5, 0.6) is 0 Å². The van der Waals surface area contributed by atoms with Crippen LogP contribution in [0.15, 0.2) is 0 Å². The van der Waals surface area contributed by atoms with Crippen molar-refractivity contribution in [3.63, 3.8) is 0 Å². The topological polar surface area (TPSA) is 105 Å². The molecule has 4 aliphatic rings. The predicted octanol–water partition coefficient (Wildman–Crippen LogP) is 2.30. The normalized spacial score (nSPS) is 35.7. The standard InChI is InChI=1S/C24H37BrN2O6/c1-2-32-23(31)17-18-22(30)27(12-8-3-4-9-13-28)20(24(18)14-16(25)19(17)33-24)21(29)26-15-10-6-5-7-11-15/h15-20,28H,2-14H2,1H3,(H,26,29)/t16?,17-,18+,19-,20-,24+/m0/s1. The molecule has 33 heavy (non-hydrogen) atoms. The SMILES string of the molecule is CCOC(=O)[C@@H]1[C@H]2O[C@@]3(CC2Br)[C@H](C(=O)NC2CCCCC2)N(CCCCCCO)C(=O)[C@@H]13. The summed E-state index contributed by atoms with van der Waals surface area (Å²) in [6, 6.07) is -0.610. The van der Waals surface area contributed by atoms with Crippen molar-refractivity contribution in [2.24, 2.45) is 11.8 Å². The molecule has 2 N–H and O–H groups in total. The molecule has 3 aliphatic heterocycles. The van der Waals surface area contributed by atoms with Crippen LogP contribution in [0.2, 0.25) is 0 Å². The molecule has 1 spiro atoms. The number of carbonyl (C=O) groups excluding carboxylic acids is 3. The maximum atomic E-state index is 13.7. The van der Waals surface area contributed by atoms with Gasteiger partial charge in [0.05, 0.1) is 24.5 Å². The largest absolute Gasteiger partial charge is 0.466 e. The summed E-state index contributed by atoms with van der Waals surface area (Å²) in [4.78, 5) is 41.9. The number of nitrogens with one attached hydrogen (secondary N) is 1. The number of unbranched alkanes of at least 4 members (excludes halogenated alkanes) is 3. The fourth-order valence-corrected chi connectivity index (χ4v) is 7.40. The van der Waals surface area contributed by atoms with Gasteiger partial charge in [-0.2, -0.15) is 0 Å². The molecule has 186 valence electrons. The number of carbonyl (C=O) groups is 3. The fourth-order valence-electron chi connectivity index (χ4n) is 6.45. The van der Waals surface area contributed by atoms with E-state index in [1.165, 1.54) is 6.42 Å². The Bertz CT molecular complexity index is 744. The van der Waals surface area contributed by atoms with E-state index < -0.39 is 35.6 Å². The molecule has 3 heterocycles. The van der Waals surface area contributed by atoms with Crippen LogP contribution in [-0.2, 0) is 23.9 Å². The lowest BCUT2D eigenvalue weighted by atomic mass is 9.70. The van der Waals surface area contributed by atoms with Gasteiger partial charge in [-0.15, -0.1) is 0 Å². The Morgan fingerprint density at radius 2 is 1.94 bits per heavy atom. The molecule has 9 heteroatoms. The van der Waals surface area contributed by atoms with Crippen molar-refractivity contribution in [1.82, 2.24) is 10.2 Å². The maximum Gasteiger partial charge on any atom is 0.312 e. The minimum atomic E-state index is -1.00. The van der Waals surface area contributed by atoms with Crippen LogP contribution < -0.4 is 5.32 Å². The summed E-state index contributed by atoms with van der Waals surface area (Å²) in [5, 5.41) is 12.3. The highest BCUT2D eigenvalue weighted by Crippen LogP contribution is 2.60. The van der Waals surface area contributed by atoms with Crippen LogP contribution >= 0.6 is 15.9 Å². The van der Waals surface area contributed by atoms with Crippen LogP contribution in [0.1, 0.15) is 71.1 Å². The van der Waals surface area contributed by atoms with Crippen LogP contribution in [0.25, 0.3) is 0 Å². The second-order valence-electron chi connectivity index (χ2n) is 9.93. The van der Waals surface area contributed by atoms with Crippen LogP contribution in [0.3, 0.4) is 0 Å². The number of alkyl halides is 1. The van der Waals surface area contributed by atoms with E-state index in [2.05, 4.69) is 21.2 Å². The highest BCUT2D eigenvalue weighted by atomic mass is 79.9. The Morgan fingerprint density at radius 3 is 2.64 bits per heavy atom. The highest BCUT2D eigenvalue weighted by Gasteiger charge is 2.76. The van der Waals surface area contributed by atoms with Gasteiger partial charge in [-0.05, 0) is 39.0 Å². The predicted molar refractivity (Wildman–Crippen MR) is 125 cm³/mol. The van der Waals surface area contributed by atoms with E-state index in [0.29, 0.717) is 13.0 Å². The number of ether oxygens (including phenoxy) is 2. The Hall–Kier alpha value is -1.19. The third-order valence-corrected chi connectivity index (χ3v) is 8.70. The van der Waals surface area contributed by atoms with Crippen molar-refractivity contribution in [1.29, 1.82) is 0 Å². The van der Waals surface area contributed by atoms with E-state index in [9.17, 15) is 14.4 Å². The minimum absolute atomic E-state index is 0.106. The van der Waals surface area contributed by atoms with Crippen LogP contribution in [0, 0.1) is 11.8 Å². The monoisotopic (exact) mass is 528 g/mol. The van der Waals surface area contributed by atoms with Crippen molar-refractivity contribution in [3.8, 4) is 0 Å². The van der Waals surface area contributed by atoms with Crippen molar-refractivity contribution < 1.29 is 29.0 Å². The number of hydrogen-bond acceptors (Lipinski definition) is 6. The molecule has 3 saturated heterocycles. The molecule has 1 saturated carbocycles. The number of fused-ring (bicyclic) bond motifs is 1. The number of hydrogen-bond donors (Lipinski definition) is 2. The zero-order valence-electron chi connectivity index (χ0n) is 19.5.